The molecule has 0 saturated carbocycles. The number of likely N-dealkylation sites (N-methyl/N-ethyl adjacent to an activating group) is 1. The second-order valence-electron chi connectivity index (χ2n) is 7.83. The van der Waals surface area contributed by atoms with Crippen LogP contribution in [-0.4, -0.2) is 58.1 Å². The minimum atomic E-state index is -3.58. The van der Waals surface area contributed by atoms with Crippen LogP contribution in [0.15, 0.2) is 48.5 Å². The van der Waals surface area contributed by atoms with E-state index in [0.717, 1.165) is 11.8 Å². The molecule has 10 heteroatoms. The van der Waals surface area contributed by atoms with Gasteiger partial charge in [-0.2, -0.15) is 0 Å². The fourth-order valence-electron chi connectivity index (χ4n) is 3.69. The molecule has 186 valence electrons. The molecule has 0 aliphatic carbocycles. The Morgan fingerprint density at radius 2 is 1.85 bits per heavy atom. The average Bonchev–Trinajstić information content (AvgIpc) is 2.80. The molecule has 34 heavy (non-hydrogen) atoms. The molecular formula is C24H32ClN3O5S. The molecule has 2 aromatic rings. The van der Waals surface area contributed by atoms with E-state index in [9.17, 15) is 18.0 Å². The number of hydrogen-bond acceptors (Lipinski definition) is 5. The van der Waals surface area contributed by atoms with Crippen LogP contribution >= 0.6 is 11.6 Å². The van der Waals surface area contributed by atoms with Gasteiger partial charge in [-0.1, -0.05) is 36.7 Å². The molecule has 0 fully saturated rings. The Balaban J connectivity index is 2.20. The van der Waals surface area contributed by atoms with Gasteiger partial charge in [0.05, 0.1) is 19.1 Å². The molecule has 0 radical (unpaired) electrons. The second-order valence-corrected chi connectivity index (χ2v) is 10.2. The van der Waals surface area contributed by atoms with Crippen LogP contribution in [0.5, 0.6) is 5.75 Å². The lowest BCUT2D eigenvalue weighted by atomic mass is 10.1. The van der Waals surface area contributed by atoms with Crippen molar-refractivity contribution in [3.05, 3.63) is 59.1 Å². The van der Waals surface area contributed by atoms with Crippen LogP contribution in [0.1, 0.15) is 31.7 Å². The maximum Gasteiger partial charge on any atom is 0.242 e. The molecule has 2 amide bonds. The van der Waals surface area contributed by atoms with Gasteiger partial charge < -0.3 is 15.0 Å². The zero-order valence-electron chi connectivity index (χ0n) is 20.0. The van der Waals surface area contributed by atoms with E-state index in [1.165, 1.54) is 16.3 Å². The molecule has 0 bridgehead atoms. The van der Waals surface area contributed by atoms with Crippen molar-refractivity contribution in [2.24, 2.45) is 0 Å². The fraction of sp³-hybridized carbons (Fsp3) is 0.417. The van der Waals surface area contributed by atoms with Gasteiger partial charge in [0.15, 0.2) is 0 Å². The molecule has 2 aromatic carbocycles. The first kappa shape index (κ1) is 27.5. The first-order valence-corrected chi connectivity index (χ1v) is 13.2. The predicted molar refractivity (Wildman–Crippen MR) is 135 cm³/mol. The van der Waals surface area contributed by atoms with Gasteiger partial charge in [-0.3, -0.25) is 13.9 Å². The van der Waals surface area contributed by atoms with Gasteiger partial charge in [0.2, 0.25) is 21.8 Å². The van der Waals surface area contributed by atoms with Crippen LogP contribution < -0.4 is 14.4 Å². The number of rotatable bonds is 12. The zero-order valence-corrected chi connectivity index (χ0v) is 21.5. The van der Waals surface area contributed by atoms with E-state index in [2.05, 4.69) is 5.32 Å². The third kappa shape index (κ3) is 7.63. The van der Waals surface area contributed by atoms with E-state index < -0.39 is 16.1 Å². The second kappa shape index (κ2) is 12.6. The molecule has 1 N–H and O–H groups in total. The predicted octanol–water partition coefficient (Wildman–Crippen LogP) is 3.45. The first-order chi connectivity index (χ1) is 16.1. The van der Waals surface area contributed by atoms with Crippen LogP contribution in [-0.2, 0) is 26.2 Å². The number of benzene rings is 2. The summed E-state index contributed by atoms with van der Waals surface area (Å²) in [5.41, 5.74) is 1.26. The van der Waals surface area contributed by atoms with E-state index in [1.807, 2.05) is 25.1 Å². The summed E-state index contributed by atoms with van der Waals surface area (Å²) in [7, 11) is -0.476. The minimum Gasteiger partial charge on any atom is -0.497 e. The third-order valence-electron chi connectivity index (χ3n) is 5.37. The van der Waals surface area contributed by atoms with Gasteiger partial charge in [-0.15, -0.1) is 0 Å². The van der Waals surface area contributed by atoms with Gasteiger partial charge in [0.1, 0.15) is 11.8 Å². The summed E-state index contributed by atoms with van der Waals surface area (Å²) >= 11 is 6.03. The van der Waals surface area contributed by atoms with E-state index in [-0.39, 0.29) is 37.7 Å². The molecule has 0 spiro atoms. The Kier molecular flexibility index (Phi) is 10.2. The van der Waals surface area contributed by atoms with Gasteiger partial charge in [-0.25, -0.2) is 8.42 Å². The molecule has 0 aliphatic heterocycles. The van der Waals surface area contributed by atoms with Gasteiger partial charge in [0.25, 0.3) is 0 Å². The molecule has 2 rings (SSSR count). The molecule has 0 unspecified atom stereocenters. The SMILES string of the molecule is CC[C@H](C(=O)NC)N(Cc1cccc(OC)c1)C(=O)CCCN(c1cccc(Cl)c1)S(C)(=O)=O. The van der Waals surface area contributed by atoms with E-state index in [4.69, 9.17) is 16.3 Å². The highest BCUT2D eigenvalue weighted by Crippen LogP contribution is 2.23. The van der Waals surface area contributed by atoms with Crippen molar-refractivity contribution >= 4 is 39.1 Å². The number of nitrogens with one attached hydrogen (secondary N) is 1. The molecule has 0 saturated heterocycles. The van der Waals surface area contributed by atoms with Crippen molar-refractivity contribution in [3.63, 3.8) is 0 Å². The van der Waals surface area contributed by atoms with Crippen molar-refractivity contribution in [1.29, 1.82) is 0 Å². The van der Waals surface area contributed by atoms with Gasteiger partial charge in [0, 0.05) is 31.6 Å². The number of sulfonamides is 1. The number of hydrogen-bond donors (Lipinski definition) is 1. The zero-order chi connectivity index (χ0) is 25.3. The maximum atomic E-state index is 13.3. The largest absolute Gasteiger partial charge is 0.497 e. The van der Waals surface area contributed by atoms with Crippen LogP contribution in [0.25, 0.3) is 0 Å². The third-order valence-corrected chi connectivity index (χ3v) is 6.80. The molecule has 1 atom stereocenters. The normalized spacial score (nSPS) is 12.0. The number of methoxy groups -OCH3 is 1. The number of amides is 2. The highest BCUT2D eigenvalue weighted by Gasteiger charge is 2.28. The summed E-state index contributed by atoms with van der Waals surface area (Å²) in [6, 6.07) is 13.2. The Morgan fingerprint density at radius 3 is 2.44 bits per heavy atom. The minimum absolute atomic E-state index is 0.0735. The lowest BCUT2D eigenvalue weighted by molar-refractivity contribution is -0.141. The molecule has 0 heterocycles. The van der Waals surface area contributed by atoms with E-state index in [0.29, 0.717) is 22.9 Å². The number of carbonyl (C=O) groups excluding carboxylic acids is 2. The van der Waals surface area contributed by atoms with Crippen LogP contribution in [0, 0.1) is 0 Å². The summed E-state index contributed by atoms with van der Waals surface area (Å²) in [5.74, 6) is 0.163. The maximum absolute atomic E-state index is 13.3. The van der Waals surface area contributed by atoms with E-state index in [1.54, 1.807) is 37.4 Å². The number of anilines is 1. The highest BCUT2D eigenvalue weighted by molar-refractivity contribution is 7.92. The number of carbonyl (C=O) groups is 2. The van der Waals surface area contributed by atoms with Gasteiger partial charge in [-0.05, 0) is 48.7 Å². The molecule has 0 aliphatic rings. The van der Waals surface area contributed by atoms with Crippen molar-refractivity contribution in [3.8, 4) is 5.75 Å². The lowest BCUT2D eigenvalue weighted by Gasteiger charge is -2.31. The first-order valence-electron chi connectivity index (χ1n) is 11.0. The van der Waals surface area contributed by atoms with Crippen molar-refractivity contribution < 1.29 is 22.7 Å². The lowest BCUT2D eigenvalue weighted by Crippen LogP contribution is -2.48. The molecule has 8 nitrogen and oxygen atoms in total. The summed E-state index contributed by atoms with van der Waals surface area (Å²) in [6.45, 7) is 2.18. The number of halogens is 1. The van der Waals surface area contributed by atoms with Crippen molar-refractivity contribution in [1.82, 2.24) is 10.2 Å². The quantitative estimate of drug-likeness (QED) is 0.472. The Hall–Kier alpha value is -2.78. The molecular weight excluding hydrogens is 478 g/mol. The van der Waals surface area contributed by atoms with Crippen molar-refractivity contribution in [2.45, 2.75) is 38.8 Å². The fourth-order valence-corrected chi connectivity index (χ4v) is 4.83. The summed E-state index contributed by atoms with van der Waals surface area (Å²) < 4.78 is 31.2. The Morgan fingerprint density at radius 1 is 1.15 bits per heavy atom. The van der Waals surface area contributed by atoms with E-state index >= 15 is 0 Å². The Labute approximate surface area is 206 Å². The molecule has 0 aromatic heterocycles. The highest BCUT2D eigenvalue weighted by atomic mass is 35.5. The standard InChI is InChI=1S/C24H32ClN3O5S/c1-5-22(24(30)26-2)27(17-18-9-6-12-21(15-18)33-3)23(29)13-8-14-28(34(4,31)32)20-11-7-10-19(25)16-20/h6-7,9-12,15-16,22H,5,8,13-14,17H2,1-4H3,(H,26,30)/t22-/m1/s1. The monoisotopic (exact) mass is 509 g/mol. The smallest absolute Gasteiger partial charge is 0.242 e. The topological polar surface area (TPSA) is 96.0 Å². The number of ether oxygens (including phenoxy) is 1. The van der Waals surface area contributed by atoms with Crippen molar-refractivity contribution in [2.75, 3.05) is 31.3 Å². The summed E-state index contributed by atoms with van der Waals surface area (Å²) in [5, 5.41) is 3.04. The number of nitrogens with zero attached hydrogens (tertiary/aromatic N) is 2. The average molecular weight is 510 g/mol. The summed E-state index contributed by atoms with van der Waals surface area (Å²) in [4.78, 5) is 27.3. The summed E-state index contributed by atoms with van der Waals surface area (Å²) in [6.07, 6.45) is 1.90. The Bertz CT molecular complexity index is 1090. The van der Waals surface area contributed by atoms with Crippen LogP contribution in [0.3, 0.4) is 0 Å². The van der Waals surface area contributed by atoms with Crippen LogP contribution in [0.4, 0.5) is 5.69 Å². The van der Waals surface area contributed by atoms with Crippen LogP contribution in [0.2, 0.25) is 5.02 Å². The van der Waals surface area contributed by atoms with Gasteiger partial charge >= 0.3 is 0 Å².